The first-order chi connectivity index (χ1) is 14.5. The van der Waals surface area contributed by atoms with Gasteiger partial charge in [-0.25, -0.2) is 9.59 Å². The minimum absolute atomic E-state index is 0.177. The Morgan fingerprint density at radius 3 is 2.63 bits per heavy atom. The number of benzene rings is 2. The van der Waals surface area contributed by atoms with Crippen LogP contribution in [-0.4, -0.2) is 43.4 Å². The highest BCUT2D eigenvalue weighted by molar-refractivity contribution is 8.18. The number of thioether (sulfide) groups is 1. The molecule has 0 atom stereocenters. The predicted octanol–water partition coefficient (Wildman–Crippen LogP) is 2.75. The third-order valence-corrected chi connectivity index (χ3v) is 4.90. The van der Waals surface area contributed by atoms with Gasteiger partial charge in [0.15, 0.2) is 5.17 Å². The van der Waals surface area contributed by atoms with Crippen LogP contribution in [0.1, 0.15) is 15.9 Å². The average molecular weight is 423 g/mol. The number of hydrogen-bond donors (Lipinski definition) is 1. The monoisotopic (exact) mass is 423 g/mol. The molecule has 8 nitrogen and oxygen atoms in total. The summed E-state index contributed by atoms with van der Waals surface area (Å²) in [4.78, 5) is 35.1. The van der Waals surface area contributed by atoms with Crippen molar-refractivity contribution < 1.29 is 23.9 Å². The van der Waals surface area contributed by atoms with Gasteiger partial charge in [0.2, 0.25) is 0 Å². The summed E-state index contributed by atoms with van der Waals surface area (Å²) in [5.41, 5.74) is 2.88. The molecule has 152 valence electrons. The van der Waals surface area contributed by atoms with Gasteiger partial charge in [-0.05, 0) is 35.0 Å². The van der Waals surface area contributed by atoms with Crippen molar-refractivity contribution in [1.29, 1.82) is 0 Å². The fourth-order valence-corrected chi connectivity index (χ4v) is 3.33. The summed E-state index contributed by atoms with van der Waals surface area (Å²) < 4.78 is 9.29. The second-order valence-corrected chi connectivity index (χ2v) is 6.93. The third kappa shape index (κ3) is 5.00. The number of hydrogen-bond acceptors (Lipinski definition) is 8. The van der Waals surface area contributed by atoms with Crippen molar-refractivity contribution in [2.24, 2.45) is 10.2 Å². The molecular formula is C21H17N3O5S. The molecule has 1 amide bonds. The van der Waals surface area contributed by atoms with E-state index < -0.39 is 17.8 Å². The number of rotatable bonds is 5. The molecule has 30 heavy (non-hydrogen) atoms. The Morgan fingerprint density at radius 1 is 1.07 bits per heavy atom. The van der Waals surface area contributed by atoms with Crippen LogP contribution in [0.2, 0.25) is 0 Å². The number of amides is 1. The third-order valence-electron chi connectivity index (χ3n) is 4.00. The zero-order valence-electron chi connectivity index (χ0n) is 16.1. The zero-order valence-corrected chi connectivity index (χ0v) is 16.9. The van der Waals surface area contributed by atoms with Crippen LogP contribution in [0.3, 0.4) is 0 Å². The van der Waals surface area contributed by atoms with E-state index in [9.17, 15) is 14.4 Å². The Bertz CT molecular complexity index is 1090. The number of esters is 2. The number of carbonyl (C=O) groups excluding carboxylic acids is 3. The van der Waals surface area contributed by atoms with Crippen molar-refractivity contribution in [3.63, 3.8) is 0 Å². The highest BCUT2D eigenvalue weighted by atomic mass is 32.2. The number of ether oxygens (including phenoxy) is 2. The maximum absolute atomic E-state index is 11.8. The van der Waals surface area contributed by atoms with Crippen LogP contribution < -0.4 is 5.32 Å². The normalized spacial score (nSPS) is 16.1. The van der Waals surface area contributed by atoms with Gasteiger partial charge in [0.05, 0.1) is 30.9 Å². The molecule has 2 aromatic rings. The molecule has 3 rings (SSSR count). The van der Waals surface area contributed by atoms with E-state index >= 15 is 0 Å². The lowest BCUT2D eigenvalue weighted by molar-refractivity contribution is -0.135. The van der Waals surface area contributed by atoms with Gasteiger partial charge >= 0.3 is 11.9 Å². The van der Waals surface area contributed by atoms with Crippen LogP contribution in [0.5, 0.6) is 0 Å². The standard InChI is InChI=1S/C21H17N3O5S/c1-28-18(25)11-17-19(26)23-21(30-17)24-22-12-15-6-3-4-9-16(15)13-7-5-8-14(10-13)20(27)29-2/h3-12H,1-2H3,(H,23,24,26)/b17-11+,22-12?. The van der Waals surface area contributed by atoms with Gasteiger partial charge in [-0.1, -0.05) is 36.4 Å². The molecule has 0 unspecified atom stereocenters. The Kier molecular flexibility index (Phi) is 6.76. The quantitative estimate of drug-likeness (QED) is 0.343. The van der Waals surface area contributed by atoms with Gasteiger partial charge in [0.1, 0.15) is 0 Å². The number of amidine groups is 1. The van der Waals surface area contributed by atoms with Crippen LogP contribution in [-0.2, 0) is 19.1 Å². The first-order valence-corrected chi connectivity index (χ1v) is 9.51. The summed E-state index contributed by atoms with van der Waals surface area (Å²) >= 11 is 0.990. The minimum atomic E-state index is -0.625. The van der Waals surface area contributed by atoms with Crippen molar-refractivity contribution in [2.45, 2.75) is 0 Å². The zero-order chi connectivity index (χ0) is 21.5. The van der Waals surface area contributed by atoms with E-state index in [1.807, 2.05) is 30.3 Å². The lowest BCUT2D eigenvalue weighted by Crippen LogP contribution is -2.19. The first kappa shape index (κ1) is 21.0. The molecule has 0 aromatic heterocycles. The molecule has 0 saturated carbocycles. The van der Waals surface area contributed by atoms with Crippen molar-refractivity contribution >= 4 is 41.0 Å². The number of nitrogens with zero attached hydrogens (tertiary/aromatic N) is 2. The predicted molar refractivity (Wildman–Crippen MR) is 114 cm³/mol. The summed E-state index contributed by atoms with van der Waals surface area (Å²) in [5, 5.41) is 10.8. The molecule has 1 heterocycles. The maximum atomic E-state index is 11.8. The highest BCUT2D eigenvalue weighted by Gasteiger charge is 2.25. The van der Waals surface area contributed by atoms with E-state index in [4.69, 9.17) is 4.74 Å². The van der Waals surface area contributed by atoms with Crippen LogP contribution in [0.15, 0.2) is 69.7 Å². The van der Waals surface area contributed by atoms with E-state index in [-0.39, 0.29) is 10.1 Å². The van der Waals surface area contributed by atoms with Crippen LogP contribution in [0.25, 0.3) is 11.1 Å². The summed E-state index contributed by atoms with van der Waals surface area (Å²) in [6.07, 6.45) is 2.64. The molecule has 0 bridgehead atoms. The largest absolute Gasteiger partial charge is 0.466 e. The smallest absolute Gasteiger partial charge is 0.337 e. The van der Waals surface area contributed by atoms with E-state index in [1.165, 1.54) is 14.2 Å². The Morgan fingerprint density at radius 2 is 1.87 bits per heavy atom. The molecule has 1 saturated heterocycles. The van der Waals surface area contributed by atoms with Gasteiger partial charge in [-0.3, -0.25) is 10.1 Å². The summed E-state index contributed by atoms with van der Waals surface area (Å²) in [7, 11) is 2.56. The number of methoxy groups -OCH3 is 2. The number of nitrogens with one attached hydrogen (secondary N) is 1. The van der Waals surface area contributed by atoms with Crippen molar-refractivity contribution in [3.8, 4) is 11.1 Å². The average Bonchev–Trinajstić information content (AvgIpc) is 3.12. The van der Waals surface area contributed by atoms with Crippen LogP contribution in [0.4, 0.5) is 0 Å². The molecule has 1 aliphatic heterocycles. The lowest BCUT2D eigenvalue weighted by Gasteiger charge is -2.07. The van der Waals surface area contributed by atoms with Gasteiger partial charge in [0.25, 0.3) is 5.91 Å². The van der Waals surface area contributed by atoms with E-state index in [2.05, 4.69) is 20.3 Å². The Hall–Kier alpha value is -3.72. The van der Waals surface area contributed by atoms with Gasteiger partial charge in [-0.2, -0.15) is 5.10 Å². The molecule has 2 aromatic carbocycles. The molecule has 1 N–H and O–H groups in total. The second-order valence-electron chi connectivity index (χ2n) is 5.90. The summed E-state index contributed by atoms with van der Waals surface area (Å²) in [6.45, 7) is 0. The lowest BCUT2D eigenvalue weighted by atomic mass is 9.98. The first-order valence-electron chi connectivity index (χ1n) is 8.69. The molecule has 0 spiro atoms. The fraction of sp³-hybridized carbons (Fsp3) is 0.0952. The van der Waals surface area contributed by atoms with E-state index in [1.54, 1.807) is 24.4 Å². The number of carbonyl (C=O) groups is 3. The minimum Gasteiger partial charge on any atom is -0.466 e. The van der Waals surface area contributed by atoms with Crippen LogP contribution >= 0.6 is 11.8 Å². The molecule has 0 aliphatic carbocycles. The molecule has 0 radical (unpaired) electrons. The van der Waals surface area contributed by atoms with Crippen molar-refractivity contribution in [2.75, 3.05) is 14.2 Å². The maximum Gasteiger partial charge on any atom is 0.337 e. The van der Waals surface area contributed by atoms with Crippen LogP contribution in [0, 0.1) is 0 Å². The SMILES string of the molecule is COC(=O)/C=C1/S/C(=N\N=Cc2ccccc2-c2cccc(C(=O)OC)c2)NC1=O. The topological polar surface area (TPSA) is 106 Å². The summed E-state index contributed by atoms with van der Waals surface area (Å²) in [5.74, 6) is -1.49. The molecular weight excluding hydrogens is 406 g/mol. The Labute approximate surface area is 176 Å². The highest BCUT2D eigenvalue weighted by Crippen LogP contribution is 2.25. The van der Waals surface area contributed by atoms with Crippen molar-refractivity contribution in [3.05, 3.63) is 70.6 Å². The molecule has 1 fully saturated rings. The fourth-order valence-electron chi connectivity index (χ4n) is 2.59. The molecule has 1 aliphatic rings. The second kappa shape index (κ2) is 9.66. The van der Waals surface area contributed by atoms with Gasteiger partial charge < -0.3 is 9.47 Å². The summed E-state index contributed by atoms with van der Waals surface area (Å²) in [6, 6.07) is 14.5. The molecule has 9 heteroatoms. The van der Waals surface area contributed by atoms with E-state index in [0.717, 1.165) is 34.5 Å². The Balaban J connectivity index is 1.82. The van der Waals surface area contributed by atoms with Crippen molar-refractivity contribution in [1.82, 2.24) is 5.32 Å². The van der Waals surface area contributed by atoms with Gasteiger partial charge in [-0.15, -0.1) is 5.10 Å². The van der Waals surface area contributed by atoms with E-state index in [0.29, 0.717) is 5.56 Å². The van der Waals surface area contributed by atoms with Gasteiger partial charge in [0, 0.05) is 11.6 Å².